The third-order valence-electron chi connectivity index (χ3n) is 4.30. The Morgan fingerprint density at radius 3 is 2.61 bits per heavy atom. The van der Waals surface area contributed by atoms with Gasteiger partial charge in [0.05, 0.1) is 11.0 Å². The molecular weight excluding hydrogens is 312 g/mol. The molecule has 0 aliphatic carbocycles. The van der Waals surface area contributed by atoms with Gasteiger partial charge in [0.15, 0.2) is 0 Å². The van der Waals surface area contributed by atoms with Crippen LogP contribution in [0, 0.1) is 5.92 Å². The van der Waals surface area contributed by atoms with E-state index in [1.54, 1.807) is 12.4 Å². The fraction of sp³-hybridized carbons (Fsp3) is 0.471. The molecule has 0 saturated carbocycles. The predicted octanol–water partition coefficient (Wildman–Crippen LogP) is 2.51. The second kappa shape index (κ2) is 8.22. The first kappa shape index (κ1) is 17.6. The predicted molar refractivity (Wildman–Crippen MR) is 94.0 cm³/mol. The Balaban J connectivity index is 0.00000192. The van der Waals surface area contributed by atoms with E-state index in [0.717, 1.165) is 50.1 Å². The first-order valence-corrected chi connectivity index (χ1v) is 7.98. The molecule has 1 aromatic carbocycles. The molecule has 1 amide bonds. The zero-order valence-corrected chi connectivity index (χ0v) is 14.2. The molecule has 1 aliphatic rings. The van der Waals surface area contributed by atoms with Crippen LogP contribution >= 0.6 is 12.4 Å². The molecule has 5 nitrogen and oxygen atoms in total. The van der Waals surface area contributed by atoms with Crippen LogP contribution in [-0.2, 0) is 0 Å². The van der Waals surface area contributed by atoms with E-state index in [1.165, 1.54) is 0 Å². The number of rotatable bonds is 4. The number of benzene rings is 1. The van der Waals surface area contributed by atoms with Gasteiger partial charge in [0.25, 0.3) is 5.91 Å². The van der Waals surface area contributed by atoms with Crippen LogP contribution in [0.5, 0.6) is 0 Å². The van der Waals surface area contributed by atoms with Gasteiger partial charge in [-0.15, -0.1) is 12.4 Å². The van der Waals surface area contributed by atoms with Crippen LogP contribution in [0.1, 0.15) is 30.1 Å². The van der Waals surface area contributed by atoms with Crippen LogP contribution in [0.3, 0.4) is 0 Å². The number of piperidine rings is 1. The Hall–Kier alpha value is -1.72. The number of amides is 1. The van der Waals surface area contributed by atoms with E-state index in [-0.39, 0.29) is 18.3 Å². The number of fused-ring (bicyclic) bond motifs is 1. The smallest absolute Gasteiger partial charge is 0.253 e. The Kier molecular flexibility index (Phi) is 6.30. The summed E-state index contributed by atoms with van der Waals surface area (Å²) in [5.41, 5.74) is 2.30. The quantitative estimate of drug-likeness (QED) is 0.933. The van der Waals surface area contributed by atoms with Gasteiger partial charge in [0.2, 0.25) is 0 Å². The minimum Gasteiger partial charge on any atom is -0.339 e. The number of carbonyl (C=O) groups excluding carboxylic acids is 1. The monoisotopic (exact) mass is 334 g/mol. The molecule has 2 aromatic rings. The molecule has 2 heterocycles. The SMILES string of the molecule is CCNCC1CCN(C(=O)c2ccc3nccnc3c2)CC1.Cl. The molecule has 1 aliphatic heterocycles. The van der Waals surface area contributed by atoms with Crippen molar-refractivity contribution >= 4 is 29.3 Å². The molecule has 1 fully saturated rings. The normalized spacial score (nSPS) is 15.4. The highest BCUT2D eigenvalue weighted by Gasteiger charge is 2.23. The van der Waals surface area contributed by atoms with Crippen molar-refractivity contribution in [1.29, 1.82) is 0 Å². The Labute approximate surface area is 142 Å². The van der Waals surface area contributed by atoms with Gasteiger partial charge in [-0.3, -0.25) is 14.8 Å². The summed E-state index contributed by atoms with van der Waals surface area (Å²) < 4.78 is 0. The minimum atomic E-state index is 0. The molecule has 0 unspecified atom stereocenters. The highest BCUT2D eigenvalue weighted by atomic mass is 35.5. The van der Waals surface area contributed by atoms with E-state index in [1.807, 2.05) is 23.1 Å². The van der Waals surface area contributed by atoms with E-state index in [9.17, 15) is 4.79 Å². The maximum Gasteiger partial charge on any atom is 0.253 e. The van der Waals surface area contributed by atoms with Gasteiger partial charge in [0.1, 0.15) is 0 Å². The second-order valence-electron chi connectivity index (χ2n) is 5.80. The molecule has 6 heteroatoms. The highest BCUT2D eigenvalue weighted by molar-refractivity contribution is 5.97. The standard InChI is InChI=1S/C17H22N4O.ClH/c1-2-18-12-13-5-9-21(10-6-13)17(22)14-3-4-15-16(11-14)20-8-7-19-15;/h3-4,7-8,11,13,18H,2,5-6,9-10,12H2,1H3;1H. The van der Waals surface area contributed by atoms with Crippen molar-refractivity contribution in [2.45, 2.75) is 19.8 Å². The Morgan fingerprint density at radius 2 is 1.91 bits per heavy atom. The first-order chi connectivity index (χ1) is 10.8. The van der Waals surface area contributed by atoms with Gasteiger partial charge in [-0.25, -0.2) is 0 Å². The Bertz CT molecular complexity index is 656. The van der Waals surface area contributed by atoms with Crippen molar-refractivity contribution in [3.8, 4) is 0 Å². The number of halogens is 1. The number of nitrogens with one attached hydrogen (secondary N) is 1. The number of hydrogen-bond donors (Lipinski definition) is 1. The van der Waals surface area contributed by atoms with Crippen molar-refractivity contribution in [3.05, 3.63) is 36.2 Å². The average Bonchev–Trinajstić information content (AvgIpc) is 2.59. The van der Waals surface area contributed by atoms with Gasteiger partial charge >= 0.3 is 0 Å². The van der Waals surface area contributed by atoms with Gasteiger partial charge in [-0.05, 0) is 50.0 Å². The number of likely N-dealkylation sites (tertiary alicyclic amines) is 1. The summed E-state index contributed by atoms with van der Waals surface area (Å²) >= 11 is 0. The molecule has 1 aromatic heterocycles. The van der Waals surface area contributed by atoms with Crippen molar-refractivity contribution in [1.82, 2.24) is 20.2 Å². The fourth-order valence-corrected chi connectivity index (χ4v) is 2.97. The Morgan fingerprint density at radius 1 is 1.22 bits per heavy atom. The zero-order valence-electron chi connectivity index (χ0n) is 13.4. The summed E-state index contributed by atoms with van der Waals surface area (Å²) in [4.78, 5) is 23.1. The molecule has 23 heavy (non-hydrogen) atoms. The summed E-state index contributed by atoms with van der Waals surface area (Å²) in [5, 5.41) is 3.40. The largest absolute Gasteiger partial charge is 0.339 e. The average molecular weight is 335 g/mol. The van der Waals surface area contributed by atoms with Crippen LogP contribution in [0.15, 0.2) is 30.6 Å². The molecule has 1 N–H and O–H groups in total. The topological polar surface area (TPSA) is 58.1 Å². The van der Waals surface area contributed by atoms with Crippen LogP contribution in [0.4, 0.5) is 0 Å². The molecule has 0 bridgehead atoms. The number of carbonyl (C=O) groups is 1. The van der Waals surface area contributed by atoms with Crippen LogP contribution in [0.25, 0.3) is 11.0 Å². The lowest BCUT2D eigenvalue weighted by Gasteiger charge is -2.32. The molecule has 0 spiro atoms. The summed E-state index contributed by atoms with van der Waals surface area (Å²) in [6.45, 7) is 5.88. The van der Waals surface area contributed by atoms with Crippen molar-refractivity contribution in [2.24, 2.45) is 5.92 Å². The molecule has 3 rings (SSSR count). The lowest BCUT2D eigenvalue weighted by atomic mass is 9.96. The fourth-order valence-electron chi connectivity index (χ4n) is 2.97. The van der Waals surface area contributed by atoms with Crippen LogP contribution in [-0.4, -0.2) is 47.0 Å². The molecule has 0 radical (unpaired) electrons. The van der Waals surface area contributed by atoms with E-state index in [0.29, 0.717) is 11.5 Å². The summed E-state index contributed by atoms with van der Waals surface area (Å²) in [7, 11) is 0. The molecular formula is C17H23ClN4O. The first-order valence-electron chi connectivity index (χ1n) is 7.98. The molecule has 0 atom stereocenters. The van der Waals surface area contributed by atoms with Crippen molar-refractivity contribution < 1.29 is 4.79 Å². The number of aromatic nitrogens is 2. The maximum absolute atomic E-state index is 12.6. The van der Waals surface area contributed by atoms with Crippen LogP contribution < -0.4 is 5.32 Å². The molecule has 1 saturated heterocycles. The van der Waals surface area contributed by atoms with E-state index in [4.69, 9.17) is 0 Å². The number of nitrogens with zero attached hydrogens (tertiary/aromatic N) is 3. The van der Waals surface area contributed by atoms with E-state index in [2.05, 4.69) is 22.2 Å². The number of hydrogen-bond acceptors (Lipinski definition) is 4. The second-order valence-corrected chi connectivity index (χ2v) is 5.80. The third-order valence-corrected chi connectivity index (χ3v) is 4.30. The van der Waals surface area contributed by atoms with E-state index >= 15 is 0 Å². The van der Waals surface area contributed by atoms with Gasteiger partial charge in [0, 0.05) is 31.0 Å². The lowest BCUT2D eigenvalue weighted by Crippen LogP contribution is -2.40. The van der Waals surface area contributed by atoms with Crippen molar-refractivity contribution in [2.75, 3.05) is 26.2 Å². The summed E-state index contributed by atoms with van der Waals surface area (Å²) in [6, 6.07) is 5.56. The zero-order chi connectivity index (χ0) is 15.4. The van der Waals surface area contributed by atoms with Gasteiger partial charge < -0.3 is 10.2 Å². The lowest BCUT2D eigenvalue weighted by molar-refractivity contribution is 0.0690. The highest BCUT2D eigenvalue weighted by Crippen LogP contribution is 2.19. The van der Waals surface area contributed by atoms with Gasteiger partial charge in [-0.1, -0.05) is 6.92 Å². The maximum atomic E-state index is 12.6. The summed E-state index contributed by atoms with van der Waals surface area (Å²) in [6.07, 6.45) is 5.47. The van der Waals surface area contributed by atoms with Crippen LogP contribution in [0.2, 0.25) is 0 Å². The summed E-state index contributed by atoms with van der Waals surface area (Å²) in [5.74, 6) is 0.793. The van der Waals surface area contributed by atoms with E-state index < -0.39 is 0 Å². The van der Waals surface area contributed by atoms with Crippen molar-refractivity contribution in [3.63, 3.8) is 0 Å². The van der Waals surface area contributed by atoms with Gasteiger partial charge in [-0.2, -0.15) is 0 Å². The minimum absolute atomic E-state index is 0. The molecule has 124 valence electrons. The third kappa shape index (κ3) is 4.18.